The molecule has 0 spiro atoms. The van der Waals surface area contributed by atoms with Crippen molar-refractivity contribution < 1.29 is 8.42 Å². The largest absolute Gasteiger partial charge is 0.316 e. The molecule has 0 amide bonds. The molecule has 0 aromatic heterocycles. The molecule has 0 unspecified atom stereocenters. The number of hydrogen-bond acceptors (Lipinski definition) is 3. The number of rotatable bonds is 4. The van der Waals surface area contributed by atoms with E-state index in [-0.39, 0.29) is 0 Å². The summed E-state index contributed by atoms with van der Waals surface area (Å²) in [6, 6.07) is 5.50. The van der Waals surface area contributed by atoms with Crippen LogP contribution >= 0.6 is 0 Å². The quantitative estimate of drug-likeness (QED) is 0.900. The van der Waals surface area contributed by atoms with Gasteiger partial charge in [0.1, 0.15) is 0 Å². The van der Waals surface area contributed by atoms with Gasteiger partial charge in [0.15, 0.2) is 0 Å². The highest BCUT2D eigenvalue weighted by Crippen LogP contribution is 2.25. The van der Waals surface area contributed by atoms with Crippen LogP contribution in [0, 0.1) is 6.92 Å². The van der Waals surface area contributed by atoms with Crippen LogP contribution in [0.1, 0.15) is 24.0 Å². The van der Waals surface area contributed by atoms with Crippen LogP contribution in [0.4, 0.5) is 0 Å². The minimum atomic E-state index is -3.30. The zero-order chi connectivity index (χ0) is 13.2. The average molecular weight is 268 g/mol. The number of benzene rings is 1. The van der Waals surface area contributed by atoms with Crippen molar-refractivity contribution in [3.05, 3.63) is 29.3 Å². The van der Waals surface area contributed by atoms with Crippen molar-refractivity contribution in [2.45, 2.75) is 31.2 Å². The minimum Gasteiger partial charge on any atom is -0.316 e. The van der Waals surface area contributed by atoms with Gasteiger partial charge in [0.2, 0.25) is 10.0 Å². The molecular weight excluding hydrogens is 248 g/mol. The highest BCUT2D eigenvalue weighted by Gasteiger charge is 2.28. The summed E-state index contributed by atoms with van der Waals surface area (Å²) in [6.45, 7) is 3.88. The molecule has 0 saturated carbocycles. The summed E-state index contributed by atoms with van der Waals surface area (Å²) in [4.78, 5) is 0.456. The lowest BCUT2D eigenvalue weighted by molar-refractivity contribution is 0.477. The summed E-state index contributed by atoms with van der Waals surface area (Å²) < 4.78 is 26.6. The van der Waals surface area contributed by atoms with Gasteiger partial charge in [-0.15, -0.1) is 0 Å². The molecule has 0 radical (unpaired) electrons. The Morgan fingerprint density at radius 2 is 1.94 bits per heavy atom. The van der Waals surface area contributed by atoms with Crippen molar-refractivity contribution in [3.63, 3.8) is 0 Å². The van der Waals surface area contributed by atoms with Crippen LogP contribution in [-0.4, -0.2) is 32.9 Å². The summed E-state index contributed by atoms with van der Waals surface area (Å²) >= 11 is 0. The third kappa shape index (κ3) is 2.43. The van der Waals surface area contributed by atoms with Gasteiger partial charge in [0.25, 0.3) is 0 Å². The van der Waals surface area contributed by atoms with Gasteiger partial charge in [-0.2, -0.15) is 4.31 Å². The lowest BCUT2D eigenvalue weighted by Gasteiger charge is -2.18. The van der Waals surface area contributed by atoms with E-state index >= 15 is 0 Å². The smallest absolute Gasteiger partial charge is 0.243 e. The van der Waals surface area contributed by atoms with Gasteiger partial charge < -0.3 is 5.32 Å². The molecule has 1 aromatic carbocycles. The van der Waals surface area contributed by atoms with Crippen molar-refractivity contribution in [2.24, 2.45) is 0 Å². The summed E-state index contributed by atoms with van der Waals surface area (Å²) in [5.41, 5.74) is 1.90. The fraction of sp³-hybridized carbons (Fsp3) is 0.538. The zero-order valence-electron chi connectivity index (χ0n) is 10.9. The highest BCUT2D eigenvalue weighted by atomic mass is 32.2. The Bertz CT molecular complexity index is 520. The lowest BCUT2D eigenvalue weighted by atomic mass is 10.1. The highest BCUT2D eigenvalue weighted by molar-refractivity contribution is 7.89. The van der Waals surface area contributed by atoms with E-state index in [9.17, 15) is 8.42 Å². The van der Waals surface area contributed by atoms with Gasteiger partial charge in [-0.3, -0.25) is 0 Å². The Hall–Kier alpha value is -0.910. The number of hydrogen-bond donors (Lipinski definition) is 1. The van der Waals surface area contributed by atoms with Crippen molar-refractivity contribution in [1.82, 2.24) is 9.62 Å². The van der Waals surface area contributed by atoms with Crippen LogP contribution in [0.15, 0.2) is 23.1 Å². The lowest BCUT2D eigenvalue weighted by Crippen LogP contribution is -2.28. The summed E-state index contributed by atoms with van der Waals surface area (Å²) in [7, 11) is -1.44. The van der Waals surface area contributed by atoms with Crippen LogP contribution in [-0.2, 0) is 16.6 Å². The molecule has 1 aromatic rings. The van der Waals surface area contributed by atoms with Crippen LogP contribution in [0.25, 0.3) is 0 Å². The van der Waals surface area contributed by atoms with E-state index in [1.807, 2.05) is 26.1 Å². The molecule has 0 bridgehead atoms. The molecule has 0 aliphatic carbocycles. The Morgan fingerprint density at radius 1 is 1.28 bits per heavy atom. The van der Waals surface area contributed by atoms with E-state index in [1.165, 1.54) is 0 Å². The number of sulfonamides is 1. The number of nitrogens with zero attached hydrogens (tertiary/aromatic N) is 1. The molecular formula is C13H20N2O2S. The standard InChI is InChI=1S/C13H20N2O2S/c1-11-12(10-14-2)6-5-7-13(11)18(16,17)15-8-3-4-9-15/h5-7,14H,3-4,8-10H2,1-2H3. The fourth-order valence-corrected chi connectivity index (χ4v) is 4.17. The summed E-state index contributed by atoms with van der Waals surface area (Å²) in [5, 5.41) is 3.06. The zero-order valence-corrected chi connectivity index (χ0v) is 11.8. The van der Waals surface area contributed by atoms with Gasteiger partial charge in [0.05, 0.1) is 4.90 Å². The Kier molecular flexibility index (Phi) is 4.04. The SMILES string of the molecule is CNCc1cccc(S(=O)(=O)N2CCCC2)c1C. The minimum absolute atomic E-state index is 0.456. The Labute approximate surface area is 109 Å². The monoisotopic (exact) mass is 268 g/mol. The maximum absolute atomic E-state index is 12.5. The molecule has 1 heterocycles. The fourth-order valence-electron chi connectivity index (χ4n) is 2.39. The summed E-state index contributed by atoms with van der Waals surface area (Å²) in [6.07, 6.45) is 1.93. The van der Waals surface area contributed by atoms with E-state index in [2.05, 4.69) is 5.32 Å². The molecule has 1 fully saturated rings. The molecule has 18 heavy (non-hydrogen) atoms. The average Bonchev–Trinajstić information content (AvgIpc) is 2.86. The van der Waals surface area contributed by atoms with Gasteiger partial charge in [-0.25, -0.2) is 8.42 Å². The molecule has 1 N–H and O–H groups in total. The Morgan fingerprint density at radius 3 is 2.56 bits per heavy atom. The van der Waals surface area contributed by atoms with Crippen molar-refractivity contribution in [1.29, 1.82) is 0 Å². The van der Waals surface area contributed by atoms with E-state index in [0.29, 0.717) is 24.5 Å². The first kappa shape index (κ1) is 13.5. The second-order valence-corrected chi connectivity index (χ2v) is 6.59. The van der Waals surface area contributed by atoms with E-state index in [1.54, 1.807) is 10.4 Å². The van der Waals surface area contributed by atoms with Crippen LogP contribution in [0.5, 0.6) is 0 Å². The van der Waals surface area contributed by atoms with Gasteiger partial charge in [-0.1, -0.05) is 12.1 Å². The molecule has 1 aliphatic heterocycles. The van der Waals surface area contributed by atoms with Crippen LogP contribution in [0.3, 0.4) is 0 Å². The van der Waals surface area contributed by atoms with Gasteiger partial charge in [0, 0.05) is 19.6 Å². The maximum Gasteiger partial charge on any atom is 0.243 e. The predicted octanol–water partition coefficient (Wildman–Crippen LogP) is 1.50. The van der Waals surface area contributed by atoms with Crippen molar-refractivity contribution in [3.8, 4) is 0 Å². The predicted molar refractivity (Wildman–Crippen MR) is 71.9 cm³/mol. The first-order valence-corrected chi connectivity index (χ1v) is 7.74. The van der Waals surface area contributed by atoms with Crippen molar-refractivity contribution >= 4 is 10.0 Å². The molecule has 0 atom stereocenters. The molecule has 2 rings (SSSR count). The second-order valence-electron chi connectivity index (χ2n) is 4.68. The molecule has 4 nitrogen and oxygen atoms in total. The third-order valence-electron chi connectivity index (χ3n) is 3.45. The Balaban J connectivity index is 2.41. The van der Waals surface area contributed by atoms with Gasteiger partial charge in [-0.05, 0) is 44.0 Å². The van der Waals surface area contributed by atoms with Gasteiger partial charge >= 0.3 is 0 Å². The van der Waals surface area contributed by atoms with Crippen molar-refractivity contribution in [2.75, 3.05) is 20.1 Å². The first-order valence-electron chi connectivity index (χ1n) is 6.30. The third-order valence-corrected chi connectivity index (χ3v) is 5.49. The molecule has 5 heteroatoms. The van der Waals surface area contributed by atoms with E-state index in [0.717, 1.165) is 24.0 Å². The second kappa shape index (κ2) is 5.38. The first-order chi connectivity index (χ1) is 8.57. The molecule has 1 saturated heterocycles. The van der Waals surface area contributed by atoms with E-state index < -0.39 is 10.0 Å². The number of nitrogens with one attached hydrogen (secondary N) is 1. The van der Waals surface area contributed by atoms with E-state index in [4.69, 9.17) is 0 Å². The summed E-state index contributed by atoms with van der Waals surface area (Å²) in [5.74, 6) is 0. The molecule has 1 aliphatic rings. The maximum atomic E-state index is 12.5. The van der Waals surface area contributed by atoms with Crippen LogP contribution < -0.4 is 5.32 Å². The van der Waals surface area contributed by atoms with Crippen LogP contribution in [0.2, 0.25) is 0 Å². The normalized spacial score (nSPS) is 17.2. The topological polar surface area (TPSA) is 49.4 Å². The molecule has 100 valence electrons.